The first-order chi connectivity index (χ1) is 9.65. The van der Waals surface area contributed by atoms with Crippen LogP contribution in [0.2, 0.25) is 0 Å². The van der Waals surface area contributed by atoms with E-state index in [1.807, 2.05) is 23.6 Å². The van der Waals surface area contributed by atoms with Crippen molar-refractivity contribution >= 4 is 40.4 Å². The fraction of sp³-hybridized carbons (Fsp3) is 0. The second-order valence-electron chi connectivity index (χ2n) is 4.14. The molecule has 0 amide bonds. The summed E-state index contributed by atoms with van der Waals surface area (Å²) in [6.07, 6.45) is 3.65. The highest BCUT2D eigenvalue weighted by Crippen LogP contribution is 2.23. The van der Waals surface area contributed by atoms with Crippen molar-refractivity contribution in [3.63, 3.8) is 0 Å². The van der Waals surface area contributed by atoms with E-state index in [2.05, 4.69) is 10.2 Å². The Bertz CT molecular complexity index is 806. The maximum atomic E-state index is 13.5. The maximum Gasteiger partial charge on any atom is 0.338 e. The number of nitrogens with one attached hydrogen (secondary N) is 1. The minimum absolute atomic E-state index is 0.357. The van der Waals surface area contributed by atoms with Gasteiger partial charge in [-0.25, -0.2) is 9.18 Å². The average molecular weight is 288 g/mol. The highest BCUT2D eigenvalue weighted by Gasteiger charge is 2.14. The number of thiophene rings is 1. The fourth-order valence-electron chi connectivity index (χ4n) is 1.90. The normalized spacial score (nSPS) is 11.4. The van der Waals surface area contributed by atoms with Crippen molar-refractivity contribution in [3.05, 3.63) is 51.6 Å². The number of aromatic amines is 1. The lowest BCUT2D eigenvalue weighted by Gasteiger charge is -1.97. The molecule has 4 nitrogen and oxygen atoms in total. The molecule has 0 saturated carbocycles. The zero-order chi connectivity index (χ0) is 14.1. The number of carbonyl (C=O) groups is 1. The van der Waals surface area contributed by atoms with Crippen LogP contribution >= 0.6 is 11.3 Å². The molecule has 0 bridgehead atoms. The number of aromatic nitrogens is 2. The van der Waals surface area contributed by atoms with Crippen LogP contribution in [-0.2, 0) is 0 Å². The summed E-state index contributed by atoms with van der Waals surface area (Å²) in [5, 5.41) is 18.2. The third kappa shape index (κ3) is 2.21. The molecule has 3 rings (SSSR count). The largest absolute Gasteiger partial charge is 0.478 e. The number of hydrogen-bond donors (Lipinski definition) is 2. The van der Waals surface area contributed by atoms with E-state index in [0.717, 1.165) is 10.9 Å². The van der Waals surface area contributed by atoms with E-state index in [9.17, 15) is 9.18 Å². The summed E-state index contributed by atoms with van der Waals surface area (Å²) in [6.45, 7) is 0. The van der Waals surface area contributed by atoms with Crippen molar-refractivity contribution in [2.24, 2.45) is 0 Å². The number of carboxylic acids is 1. The number of carboxylic acid groups (broad SMARTS) is 1. The van der Waals surface area contributed by atoms with Crippen molar-refractivity contribution in [2.45, 2.75) is 0 Å². The van der Waals surface area contributed by atoms with E-state index >= 15 is 0 Å². The minimum Gasteiger partial charge on any atom is -0.478 e. The van der Waals surface area contributed by atoms with Crippen LogP contribution in [-0.4, -0.2) is 21.3 Å². The third-order valence-corrected chi connectivity index (χ3v) is 3.70. The predicted molar refractivity (Wildman–Crippen MR) is 76.3 cm³/mol. The molecule has 100 valence electrons. The lowest BCUT2D eigenvalue weighted by molar-refractivity contribution is 0.0692. The van der Waals surface area contributed by atoms with Gasteiger partial charge in [0, 0.05) is 16.3 Å². The highest BCUT2D eigenvalue weighted by atomic mass is 32.1. The fourth-order valence-corrected chi connectivity index (χ4v) is 2.51. The SMILES string of the molecule is O=C(O)c1cc2c(/C=C/c3cccs3)n[nH]c2cc1F. The Hall–Kier alpha value is -2.47. The second-order valence-corrected chi connectivity index (χ2v) is 5.12. The Morgan fingerprint density at radius 2 is 2.25 bits per heavy atom. The van der Waals surface area contributed by atoms with Gasteiger partial charge in [-0.05, 0) is 29.7 Å². The smallest absolute Gasteiger partial charge is 0.338 e. The number of nitrogens with zero attached hydrogens (tertiary/aromatic N) is 1. The molecule has 0 saturated heterocycles. The Balaban J connectivity index is 2.08. The molecular weight excluding hydrogens is 279 g/mol. The van der Waals surface area contributed by atoms with Gasteiger partial charge in [-0.3, -0.25) is 5.10 Å². The van der Waals surface area contributed by atoms with Crippen LogP contribution in [0.3, 0.4) is 0 Å². The summed E-state index contributed by atoms with van der Waals surface area (Å²) in [5.74, 6) is -2.07. The summed E-state index contributed by atoms with van der Waals surface area (Å²) in [4.78, 5) is 12.0. The van der Waals surface area contributed by atoms with Crippen molar-refractivity contribution in [1.82, 2.24) is 10.2 Å². The maximum absolute atomic E-state index is 13.5. The summed E-state index contributed by atoms with van der Waals surface area (Å²) < 4.78 is 13.5. The minimum atomic E-state index is -1.29. The van der Waals surface area contributed by atoms with Gasteiger partial charge >= 0.3 is 5.97 Å². The molecule has 2 heterocycles. The molecule has 6 heteroatoms. The summed E-state index contributed by atoms with van der Waals surface area (Å²) >= 11 is 1.58. The molecule has 0 spiro atoms. The number of H-pyrrole nitrogens is 1. The molecule has 0 aliphatic rings. The van der Waals surface area contributed by atoms with Gasteiger partial charge < -0.3 is 5.11 Å². The number of rotatable bonds is 3. The third-order valence-electron chi connectivity index (χ3n) is 2.86. The first-order valence-electron chi connectivity index (χ1n) is 5.77. The zero-order valence-electron chi connectivity index (χ0n) is 10.1. The Kier molecular flexibility index (Phi) is 3.08. The van der Waals surface area contributed by atoms with Gasteiger partial charge in [-0.15, -0.1) is 11.3 Å². The van der Waals surface area contributed by atoms with Crippen LogP contribution in [0.4, 0.5) is 4.39 Å². The molecule has 2 N–H and O–H groups in total. The first kappa shape index (κ1) is 12.6. The van der Waals surface area contributed by atoms with Gasteiger partial charge in [0.25, 0.3) is 0 Å². The van der Waals surface area contributed by atoms with E-state index in [1.54, 1.807) is 17.4 Å². The topological polar surface area (TPSA) is 66.0 Å². The van der Waals surface area contributed by atoms with E-state index < -0.39 is 11.8 Å². The number of benzene rings is 1. The molecule has 0 radical (unpaired) electrons. The average Bonchev–Trinajstić information content (AvgIpc) is 3.03. The Morgan fingerprint density at radius 3 is 2.95 bits per heavy atom. The molecule has 0 atom stereocenters. The van der Waals surface area contributed by atoms with Crippen LogP contribution < -0.4 is 0 Å². The van der Waals surface area contributed by atoms with Gasteiger partial charge in [0.05, 0.1) is 16.8 Å². The van der Waals surface area contributed by atoms with Gasteiger partial charge in [-0.1, -0.05) is 6.07 Å². The number of hydrogen-bond acceptors (Lipinski definition) is 3. The van der Waals surface area contributed by atoms with Crippen LogP contribution in [0.15, 0.2) is 29.6 Å². The molecule has 1 aromatic carbocycles. The molecule has 0 aliphatic carbocycles. The molecule has 0 aliphatic heterocycles. The van der Waals surface area contributed by atoms with Crippen LogP contribution in [0.25, 0.3) is 23.1 Å². The Morgan fingerprint density at radius 1 is 1.40 bits per heavy atom. The van der Waals surface area contributed by atoms with Crippen molar-refractivity contribution in [1.29, 1.82) is 0 Å². The van der Waals surface area contributed by atoms with Crippen molar-refractivity contribution in [3.8, 4) is 0 Å². The highest BCUT2D eigenvalue weighted by molar-refractivity contribution is 7.10. The molecule has 0 fully saturated rings. The molecule has 20 heavy (non-hydrogen) atoms. The predicted octanol–water partition coefficient (Wildman–Crippen LogP) is 3.63. The summed E-state index contributed by atoms with van der Waals surface area (Å²) in [5.41, 5.74) is 0.693. The monoisotopic (exact) mass is 288 g/mol. The van der Waals surface area contributed by atoms with Crippen LogP contribution in [0, 0.1) is 5.82 Å². The van der Waals surface area contributed by atoms with Crippen LogP contribution in [0.1, 0.15) is 20.9 Å². The lowest BCUT2D eigenvalue weighted by Crippen LogP contribution is -1.99. The molecule has 0 unspecified atom stereocenters. The zero-order valence-corrected chi connectivity index (χ0v) is 10.9. The van der Waals surface area contributed by atoms with Crippen molar-refractivity contribution < 1.29 is 14.3 Å². The number of fused-ring (bicyclic) bond motifs is 1. The second kappa shape index (κ2) is 4.90. The van der Waals surface area contributed by atoms with Gasteiger partial charge in [0.1, 0.15) is 5.82 Å². The first-order valence-corrected chi connectivity index (χ1v) is 6.65. The summed E-state index contributed by atoms with van der Waals surface area (Å²) in [6, 6.07) is 6.34. The van der Waals surface area contributed by atoms with E-state index in [-0.39, 0.29) is 5.56 Å². The molecule has 3 aromatic rings. The molecular formula is C14H9FN2O2S. The number of aromatic carboxylic acids is 1. The Labute approximate surface area is 117 Å². The lowest BCUT2D eigenvalue weighted by atomic mass is 10.1. The summed E-state index contributed by atoms with van der Waals surface area (Å²) in [7, 11) is 0. The van der Waals surface area contributed by atoms with E-state index in [4.69, 9.17) is 5.11 Å². The quantitative estimate of drug-likeness (QED) is 0.773. The van der Waals surface area contributed by atoms with Gasteiger partial charge in [-0.2, -0.15) is 5.10 Å². The van der Waals surface area contributed by atoms with Gasteiger partial charge in [0.15, 0.2) is 0 Å². The van der Waals surface area contributed by atoms with E-state index in [1.165, 1.54) is 6.07 Å². The standard InChI is InChI=1S/C14H9FN2O2S/c15-11-7-13-10(6-9(11)14(18)19)12(16-17-13)4-3-8-2-1-5-20-8/h1-7H,(H,16,17)(H,18,19)/b4-3+. The van der Waals surface area contributed by atoms with E-state index in [0.29, 0.717) is 16.6 Å². The van der Waals surface area contributed by atoms with Crippen LogP contribution in [0.5, 0.6) is 0 Å². The number of halogens is 1. The van der Waals surface area contributed by atoms with Gasteiger partial charge in [0.2, 0.25) is 0 Å². The van der Waals surface area contributed by atoms with Crippen molar-refractivity contribution in [2.75, 3.05) is 0 Å². The molecule has 2 aromatic heterocycles.